The van der Waals surface area contributed by atoms with Crippen molar-refractivity contribution in [2.75, 3.05) is 30.3 Å². The molecular weight excluding hydrogens is 410 g/mol. The highest BCUT2D eigenvalue weighted by atomic mass is 32.2. The molecule has 166 valence electrons. The molecule has 31 heavy (non-hydrogen) atoms. The molecular formula is C24H31N3O3S. The summed E-state index contributed by atoms with van der Waals surface area (Å²) >= 11 is 0. The van der Waals surface area contributed by atoms with Crippen molar-refractivity contribution < 1.29 is 13.2 Å². The van der Waals surface area contributed by atoms with E-state index in [1.165, 1.54) is 30.0 Å². The molecule has 2 N–H and O–H groups in total. The zero-order valence-electron chi connectivity index (χ0n) is 17.8. The van der Waals surface area contributed by atoms with Gasteiger partial charge >= 0.3 is 0 Å². The fraction of sp³-hybridized carbons (Fsp3) is 0.458. The summed E-state index contributed by atoms with van der Waals surface area (Å²) in [5, 5.41) is 6.47. The summed E-state index contributed by atoms with van der Waals surface area (Å²) in [6, 6.07) is 16.3. The molecule has 0 atom stereocenters. The van der Waals surface area contributed by atoms with Gasteiger partial charge in [0.1, 0.15) is 0 Å². The predicted molar refractivity (Wildman–Crippen MR) is 123 cm³/mol. The highest BCUT2D eigenvalue weighted by Crippen LogP contribution is 2.26. The van der Waals surface area contributed by atoms with Gasteiger partial charge in [-0.05, 0) is 68.0 Å². The monoisotopic (exact) mass is 441 g/mol. The Kier molecular flexibility index (Phi) is 6.92. The van der Waals surface area contributed by atoms with Gasteiger partial charge < -0.3 is 10.6 Å². The molecule has 6 nitrogen and oxygen atoms in total. The summed E-state index contributed by atoms with van der Waals surface area (Å²) < 4.78 is 27.0. The van der Waals surface area contributed by atoms with Crippen molar-refractivity contribution in [3.63, 3.8) is 0 Å². The van der Waals surface area contributed by atoms with Crippen LogP contribution in [0.3, 0.4) is 0 Å². The van der Waals surface area contributed by atoms with Gasteiger partial charge in [-0.1, -0.05) is 31.0 Å². The Bertz CT molecular complexity index is 963. The van der Waals surface area contributed by atoms with Crippen LogP contribution in [0.1, 0.15) is 38.5 Å². The fourth-order valence-electron chi connectivity index (χ4n) is 4.49. The van der Waals surface area contributed by atoms with Crippen molar-refractivity contribution in [2.24, 2.45) is 11.8 Å². The first-order valence-corrected chi connectivity index (χ1v) is 12.7. The maximum Gasteiger partial charge on any atom is 0.243 e. The number of nitrogens with zero attached hydrogens (tertiary/aromatic N) is 1. The summed E-state index contributed by atoms with van der Waals surface area (Å²) in [6.45, 7) is 1.73. The molecule has 1 aliphatic heterocycles. The summed E-state index contributed by atoms with van der Waals surface area (Å²) in [5.41, 5.74) is 1.85. The summed E-state index contributed by atoms with van der Waals surface area (Å²) in [4.78, 5) is 13.0. The molecule has 0 spiro atoms. The molecule has 1 saturated heterocycles. The van der Waals surface area contributed by atoms with Crippen LogP contribution in [-0.2, 0) is 14.8 Å². The van der Waals surface area contributed by atoms with Crippen molar-refractivity contribution in [1.29, 1.82) is 0 Å². The molecule has 0 aromatic heterocycles. The largest absolute Gasteiger partial charge is 0.385 e. The van der Waals surface area contributed by atoms with E-state index in [1.807, 2.05) is 24.3 Å². The van der Waals surface area contributed by atoms with Crippen LogP contribution in [-0.4, -0.2) is 38.3 Å². The molecule has 2 aromatic carbocycles. The average Bonchev–Trinajstić information content (AvgIpc) is 3.33. The number of hydrogen-bond donors (Lipinski definition) is 2. The molecule has 2 aromatic rings. The van der Waals surface area contributed by atoms with E-state index in [1.54, 1.807) is 30.3 Å². The highest BCUT2D eigenvalue weighted by Gasteiger charge is 2.32. The van der Waals surface area contributed by atoms with E-state index >= 15 is 0 Å². The SMILES string of the molecule is O=C(Nc1ccc(NCC2CCCC2)cc1)C1CCN(S(=O)(=O)c2ccccc2)CC1. The maximum absolute atomic E-state index is 12.7. The Morgan fingerprint density at radius 2 is 1.48 bits per heavy atom. The first-order chi connectivity index (χ1) is 15.0. The van der Waals surface area contributed by atoms with Crippen molar-refractivity contribution in [2.45, 2.75) is 43.4 Å². The quantitative estimate of drug-likeness (QED) is 0.670. The zero-order chi connectivity index (χ0) is 21.7. The Balaban J connectivity index is 1.26. The van der Waals surface area contributed by atoms with Gasteiger partial charge in [-0.25, -0.2) is 8.42 Å². The Hall–Kier alpha value is -2.38. The Morgan fingerprint density at radius 3 is 2.13 bits per heavy atom. The Labute approximate surface area is 185 Å². The number of rotatable bonds is 7. The molecule has 2 aliphatic rings. The van der Waals surface area contributed by atoms with Crippen molar-refractivity contribution in [3.05, 3.63) is 54.6 Å². The standard InChI is InChI=1S/C24H31N3O3S/c28-24(26-22-12-10-21(11-13-22)25-18-19-6-4-5-7-19)20-14-16-27(17-15-20)31(29,30)23-8-2-1-3-9-23/h1-3,8-13,19-20,25H,4-7,14-18H2,(H,26,28). The number of amides is 1. The maximum atomic E-state index is 12.7. The topological polar surface area (TPSA) is 78.5 Å². The zero-order valence-corrected chi connectivity index (χ0v) is 18.6. The van der Waals surface area contributed by atoms with Gasteiger partial charge in [0.05, 0.1) is 4.90 Å². The molecule has 4 rings (SSSR count). The lowest BCUT2D eigenvalue weighted by molar-refractivity contribution is -0.120. The van der Waals surface area contributed by atoms with Crippen molar-refractivity contribution in [3.8, 4) is 0 Å². The molecule has 0 bridgehead atoms. The van der Waals surface area contributed by atoms with Gasteiger partial charge in [-0.15, -0.1) is 0 Å². The first-order valence-electron chi connectivity index (χ1n) is 11.2. The third-order valence-corrected chi connectivity index (χ3v) is 8.34. The van der Waals surface area contributed by atoms with Gasteiger partial charge in [0.2, 0.25) is 15.9 Å². The molecule has 0 radical (unpaired) electrons. The number of benzene rings is 2. The van der Waals surface area contributed by atoms with Crippen LogP contribution in [0.2, 0.25) is 0 Å². The minimum Gasteiger partial charge on any atom is -0.385 e. The lowest BCUT2D eigenvalue weighted by Gasteiger charge is -2.30. The van der Waals surface area contributed by atoms with E-state index in [2.05, 4.69) is 10.6 Å². The molecule has 1 saturated carbocycles. The first kappa shape index (κ1) is 21.8. The van der Waals surface area contributed by atoms with Gasteiger partial charge in [0.15, 0.2) is 0 Å². The van der Waals surface area contributed by atoms with Gasteiger partial charge in [0.25, 0.3) is 0 Å². The van der Waals surface area contributed by atoms with Gasteiger partial charge in [0, 0.05) is 36.9 Å². The second-order valence-corrected chi connectivity index (χ2v) is 10.5. The predicted octanol–water partition coefficient (Wildman–Crippen LogP) is 4.33. The van der Waals surface area contributed by atoms with E-state index in [9.17, 15) is 13.2 Å². The van der Waals surface area contributed by atoms with Crippen LogP contribution in [0.4, 0.5) is 11.4 Å². The lowest BCUT2D eigenvalue weighted by Crippen LogP contribution is -2.41. The fourth-order valence-corrected chi connectivity index (χ4v) is 5.98. The summed E-state index contributed by atoms with van der Waals surface area (Å²) in [6.07, 6.45) is 6.36. The third kappa shape index (κ3) is 5.46. The second-order valence-electron chi connectivity index (χ2n) is 8.59. The van der Waals surface area contributed by atoms with Gasteiger partial charge in [-0.3, -0.25) is 4.79 Å². The second kappa shape index (κ2) is 9.83. The minimum absolute atomic E-state index is 0.0385. The molecule has 1 amide bonds. The number of nitrogens with one attached hydrogen (secondary N) is 2. The van der Waals surface area contributed by atoms with E-state index in [0.717, 1.165) is 23.8 Å². The van der Waals surface area contributed by atoms with E-state index in [-0.39, 0.29) is 11.8 Å². The highest BCUT2D eigenvalue weighted by molar-refractivity contribution is 7.89. The van der Waals surface area contributed by atoms with Crippen LogP contribution in [0, 0.1) is 11.8 Å². The number of anilines is 2. The van der Waals surface area contributed by atoms with Crippen molar-refractivity contribution in [1.82, 2.24) is 4.31 Å². The van der Waals surface area contributed by atoms with Crippen LogP contribution < -0.4 is 10.6 Å². The number of hydrogen-bond acceptors (Lipinski definition) is 4. The number of sulfonamides is 1. The lowest BCUT2D eigenvalue weighted by atomic mass is 9.97. The number of carbonyl (C=O) groups excluding carboxylic acids is 1. The molecule has 7 heteroatoms. The van der Waals surface area contributed by atoms with Crippen LogP contribution in [0.15, 0.2) is 59.5 Å². The number of piperidine rings is 1. The average molecular weight is 442 g/mol. The minimum atomic E-state index is -3.49. The van der Waals surface area contributed by atoms with Gasteiger partial charge in [-0.2, -0.15) is 4.31 Å². The summed E-state index contributed by atoms with van der Waals surface area (Å²) in [5.74, 6) is 0.557. The third-order valence-electron chi connectivity index (χ3n) is 6.43. The molecule has 1 heterocycles. The van der Waals surface area contributed by atoms with Crippen LogP contribution in [0.25, 0.3) is 0 Å². The van der Waals surface area contributed by atoms with E-state index < -0.39 is 10.0 Å². The Morgan fingerprint density at radius 1 is 0.871 bits per heavy atom. The molecule has 1 aliphatic carbocycles. The molecule has 2 fully saturated rings. The number of carbonyl (C=O) groups is 1. The summed E-state index contributed by atoms with van der Waals surface area (Å²) in [7, 11) is -3.49. The van der Waals surface area contributed by atoms with E-state index in [4.69, 9.17) is 0 Å². The van der Waals surface area contributed by atoms with E-state index in [0.29, 0.717) is 30.8 Å². The van der Waals surface area contributed by atoms with Crippen molar-refractivity contribution >= 4 is 27.3 Å². The molecule has 0 unspecified atom stereocenters. The van der Waals surface area contributed by atoms with Crippen LogP contribution >= 0.6 is 0 Å². The van der Waals surface area contributed by atoms with Crippen LogP contribution in [0.5, 0.6) is 0 Å². The normalized spacial score (nSPS) is 18.7. The smallest absolute Gasteiger partial charge is 0.243 e.